The van der Waals surface area contributed by atoms with E-state index >= 15 is 0 Å². The first-order valence-electron chi connectivity index (χ1n) is 20.2. The van der Waals surface area contributed by atoms with E-state index in [2.05, 4.69) is 123 Å². The van der Waals surface area contributed by atoms with Crippen LogP contribution in [0.25, 0.3) is 67.5 Å². The minimum Gasteiger partial charge on any atom is -0.208 e. The third-order valence-corrected chi connectivity index (χ3v) is 12.3. The van der Waals surface area contributed by atoms with E-state index in [4.69, 9.17) is 15.0 Å². The van der Waals surface area contributed by atoms with Crippen LogP contribution in [-0.2, 0) is 5.41 Å². The second kappa shape index (κ2) is 15.2. The lowest BCUT2D eigenvalue weighted by molar-refractivity contribution is 0.0702. The molecular weight excluding hydrogens is 681 g/mol. The molecule has 1 heterocycles. The van der Waals surface area contributed by atoms with Crippen molar-refractivity contribution < 1.29 is 0 Å². The molecule has 274 valence electrons. The third-order valence-electron chi connectivity index (χ3n) is 12.3. The molecule has 1 unspecified atom stereocenters. The van der Waals surface area contributed by atoms with E-state index in [-0.39, 0.29) is 5.41 Å². The van der Waals surface area contributed by atoms with Gasteiger partial charge in [0.1, 0.15) is 0 Å². The second-order valence-electron chi connectivity index (χ2n) is 16.3. The summed E-state index contributed by atoms with van der Waals surface area (Å²) in [4.78, 5) is 15.5. The molecule has 56 heavy (non-hydrogen) atoms. The number of hydrogen-bond donors (Lipinski definition) is 0. The first-order chi connectivity index (χ1) is 27.4. The van der Waals surface area contributed by atoms with Gasteiger partial charge < -0.3 is 0 Å². The van der Waals surface area contributed by atoms with Gasteiger partial charge in [-0.2, -0.15) is 5.26 Å². The van der Waals surface area contributed by atoms with Crippen LogP contribution in [0.15, 0.2) is 152 Å². The Kier molecular flexibility index (Phi) is 9.61. The molecule has 7 aromatic rings. The van der Waals surface area contributed by atoms with Gasteiger partial charge in [-0.1, -0.05) is 136 Å². The number of aromatic nitrogens is 3. The minimum atomic E-state index is 0.263. The van der Waals surface area contributed by atoms with Gasteiger partial charge >= 0.3 is 0 Å². The van der Waals surface area contributed by atoms with Gasteiger partial charge in [-0.05, 0) is 131 Å². The summed E-state index contributed by atoms with van der Waals surface area (Å²) in [6.07, 6.45) is 7.92. The predicted molar refractivity (Wildman–Crippen MR) is 228 cm³/mol. The fourth-order valence-corrected chi connectivity index (χ4v) is 9.82. The molecule has 2 fully saturated rings. The Morgan fingerprint density at radius 3 is 1.66 bits per heavy atom. The maximum atomic E-state index is 9.52. The van der Waals surface area contributed by atoms with Crippen molar-refractivity contribution in [1.82, 2.24) is 15.0 Å². The van der Waals surface area contributed by atoms with Crippen LogP contribution in [0.2, 0.25) is 0 Å². The average Bonchev–Trinajstić information content (AvgIpc) is 3.26. The molecule has 9 rings (SSSR count). The van der Waals surface area contributed by atoms with Crippen LogP contribution in [0.3, 0.4) is 0 Å². The van der Waals surface area contributed by atoms with Crippen molar-refractivity contribution in [3.05, 3.63) is 163 Å². The molecule has 0 N–H and O–H groups in total. The molecule has 4 heteroatoms. The molecule has 2 aliphatic rings. The van der Waals surface area contributed by atoms with Gasteiger partial charge in [0, 0.05) is 16.7 Å². The normalized spacial score (nSPS) is 20.3. The Balaban J connectivity index is 1.17. The van der Waals surface area contributed by atoms with Crippen molar-refractivity contribution in [1.29, 1.82) is 5.26 Å². The summed E-state index contributed by atoms with van der Waals surface area (Å²) in [7, 11) is 0. The van der Waals surface area contributed by atoms with Crippen LogP contribution in [0.1, 0.15) is 63.5 Å². The molecule has 0 amide bonds. The number of nitriles is 1. The first-order valence-corrected chi connectivity index (χ1v) is 20.2. The molecule has 0 saturated heterocycles. The zero-order valence-electron chi connectivity index (χ0n) is 32.2. The van der Waals surface area contributed by atoms with Crippen molar-refractivity contribution in [3.8, 4) is 73.6 Å². The smallest absolute Gasteiger partial charge is 0.164 e. The fourth-order valence-electron chi connectivity index (χ4n) is 9.82. The maximum absolute atomic E-state index is 9.52. The van der Waals surface area contributed by atoms with Crippen LogP contribution in [0, 0.1) is 29.1 Å². The number of nitrogens with zero attached hydrogens (tertiary/aromatic N) is 4. The van der Waals surface area contributed by atoms with Crippen LogP contribution >= 0.6 is 0 Å². The summed E-state index contributed by atoms with van der Waals surface area (Å²) in [5.74, 6) is 4.34. The summed E-state index contributed by atoms with van der Waals surface area (Å²) in [6.45, 7) is 4.83. The van der Waals surface area contributed by atoms with Gasteiger partial charge in [-0.25, -0.2) is 15.0 Å². The highest BCUT2D eigenvalue weighted by molar-refractivity contribution is 5.82. The molecule has 0 radical (unpaired) electrons. The average molecular weight is 727 g/mol. The summed E-state index contributed by atoms with van der Waals surface area (Å²) in [5, 5.41) is 9.52. The molecule has 2 aliphatic carbocycles. The van der Waals surface area contributed by atoms with E-state index < -0.39 is 0 Å². The summed E-state index contributed by atoms with van der Waals surface area (Å²) in [6, 6.07) is 55.2. The first kappa shape index (κ1) is 35.5. The summed E-state index contributed by atoms with van der Waals surface area (Å²) >= 11 is 0. The highest BCUT2D eigenvalue weighted by Gasteiger charge is 2.45. The van der Waals surface area contributed by atoms with Gasteiger partial charge in [-0.3, -0.25) is 0 Å². The highest BCUT2D eigenvalue weighted by atomic mass is 15.0. The zero-order valence-corrected chi connectivity index (χ0v) is 32.2. The number of benzene rings is 6. The van der Waals surface area contributed by atoms with Crippen molar-refractivity contribution in [2.45, 2.75) is 57.8 Å². The Morgan fingerprint density at radius 2 is 1.02 bits per heavy atom. The highest BCUT2D eigenvalue weighted by Crippen LogP contribution is 2.54. The van der Waals surface area contributed by atoms with E-state index in [1.54, 1.807) is 0 Å². The van der Waals surface area contributed by atoms with E-state index in [0.717, 1.165) is 62.3 Å². The lowest BCUT2D eigenvalue weighted by Gasteiger charge is -2.51. The van der Waals surface area contributed by atoms with E-state index in [1.807, 2.05) is 48.5 Å². The lowest BCUT2D eigenvalue weighted by atomic mass is 9.54. The zero-order chi connectivity index (χ0) is 38.1. The molecular formula is C52H46N4. The van der Waals surface area contributed by atoms with Crippen molar-refractivity contribution in [2.24, 2.45) is 17.8 Å². The quantitative estimate of drug-likeness (QED) is 0.156. The van der Waals surface area contributed by atoms with E-state index in [9.17, 15) is 5.26 Å². The van der Waals surface area contributed by atoms with Gasteiger partial charge in [-0.15, -0.1) is 0 Å². The molecule has 4 atom stereocenters. The largest absolute Gasteiger partial charge is 0.208 e. The molecule has 4 nitrogen and oxygen atoms in total. The van der Waals surface area contributed by atoms with E-state index in [0.29, 0.717) is 23.0 Å². The molecule has 0 aliphatic heterocycles. The number of fused-ring (bicyclic) bond motifs is 2. The Hall–Kier alpha value is -6.18. The SMILES string of the molecule is CC[C@@H]1C[C@@H]2C[C@H](C)CC(c3ccc(-c4nc(-c5ccccc5)nc(-c5cc(-c6ccc(C#N)cc6)cc(-c6cccc(-c7ccccc7)c6)c5)n4)cc3)(C1)C2. The molecule has 2 bridgehead atoms. The molecule has 2 saturated carbocycles. The second-order valence-corrected chi connectivity index (χ2v) is 16.3. The molecule has 1 aromatic heterocycles. The van der Waals surface area contributed by atoms with Gasteiger partial charge in [0.2, 0.25) is 0 Å². The Morgan fingerprint density at radius 1 is 0.518 bits per heavy atom. The van der Waals surface area contributed by atoms with Crippen LogP contribution < -0.4 is 0 Å². The lowest BCUT2D eigenvalue weighted by Crippen LogP contribution is -2.42. The maximum Gasteiger partial charge on any atom is 0.164 e. The summed E-state index contributed by atoms with van der Waals surface area (Å²) < 4.78 is 0. The standard InChI is InChI=1S/C52H46N4/c1-3-36-26-38-25-35(2)31-52(32-36,33-38)48-23-21-42(22-24-48)50-54-49(41-13-8-5-9-14-41)55-51(56-50)47-29-45(40-19-17-37(34-53)18-20-40)28-46(30-47)44-16-10-15-43(27-44)39-11-6-4-7-12-39/h4-24,27-30,35-36,38H,3,25-26,31-33H2,1-2H3/t35-,36+,38-,52?/m0/s1. The van der Waals surface area contributed by atoms with Gasteiger partial charge in [0.15, 0.2) is 17.5 Å². The molecule has 6 aromatic carbocycles. The number of rotatable bonds is 8. The van der Waals surface area contributed by atoms with Crippen LogP contribution in [0.5, 0.6) is 0 Å². The number of hydrogen-bond acceptors (Lipinski definition) is 4. The predicted octanol–water partition coefficient (Wildman–Crippen LogP) is 13.2. The summed E-state index contributed by atoms with van der Waals surface area (Å²) in [5.41, 5.74) is 11.7. The third kappa shape index (κ3) is 7.18. The van der Waals surface area contributed by atoms with Crippen LogP contribution in [0.4, 0.5) is 0 Å². The van der Waals surface area contributed by atoms with Gasteiger partial charge in [0.05, 0.1) is 11.6 Å². The van der Waals surface area contributed by atoms with Gasteiger partial charge in [0.25, 0.3) is 0 Å². The van der Waals surface area contributed by atoms with E-state index in [1.165, 1.54) is 49.7 Å². The topological polar surface area (TPSA) is 62.5 Å². The Bertz CT molecular complexity index is 2520. The van der Waals surface area contributed by atoms with Crippen molar-refractivity contribution >= 4 is 0 Å². The monoisotopic (exact) mass is 726 g/mol. The Labute approximate surface area is 331 Å². The fraction of sp³-hybridized carbons (Fsp3) is 0.231. The minimum absolute atomic E-state index is 0.263. The van der Waals surface area contributed by atoms with Crippen molar-refractivity contribution in [3.63, 3.8) is 0 Å². The van der Waals surface area contributed by atoms with Crippen LogP contribution in [-0.4, -0.2) is 15.0 Å². The van der Waals surface area contributed by atoms with Crippen molar-refractivity contribution in [2.75, 3.05) is 0 Å². The molecule has 0 spiro atoms.